The number of piperidine rings is 1. The second-order valence-corrected chi connectivity index (χ2v) is 15.0. The first kappa shape index (κ1) is 39.2. The third kappa shape index (κ3) is 11.7. The molecule has 2 heterocycles. The standard InChI is InChI=1S/C34H54N6O7S/c1-5-15-34(16-6-2,17-20-47-25(3)41)33(44)37-24-28-21-27(14-19-40(28)35)23-36-31(42)30-13-10-18-39(30)32(43)29(38-48(4,45)46)22-26-11-8-7-9-12-26/h7-9,11-12,24,27-30,38H,5-6,10,13-23,35H2,1-4H3,(H,36,42)/b37-24+/t27?,28?,29-,30+/m1/s1. The summed E-state index contributed by atoms with van der Waals surface area (Å²) in [6, 6.07) is 7.14. The lowest BCUT2D eigenvalue weighted by Crippen LogP contribution is -2.55. The maximum atomic E-state index is 13.6. The third-order valence-corrected chi connectivity index (χ3v) is 10.0. The summed E-state index contributed by atoms with van der Waals surface area (Å²) >= 11 is 0. The molecule has 0 spiro atoms. The van der Waals surface area contributed by atoms with Crippen molar-refractivity contribution in [2.75, 3.05) is 32.5 Å². The second-order valence-electron chi connectivity index (χ2n) is 13.2. The van der Waals surface area contributed by atoms with E-state index in [1.54, 1.807) is 11.2 Å². The van der Waals surface area contributed by atoms with Crippen LogP contribution < -0.4 is 15.9 Å². The number of nitrogens with zero attached hydrogens (tertiary/aromatic N) is 3. The summed E-state index contributed by atoms with van der Waals surface area (Å²) in [6.45, 7) is 6.84. The lowest BCUT2D eigenvalue weighted by atomic mass is 9.76. The molecule has 268 valence electrons. The van der Waals surface area contributed by atoms with Crippen LogP contribution in [0, 0.1) is 11.3 Å². The van der Waals surface area contributed by atoms with Gasteiger partial charge in [0.05, 0.1) is 24.3 Å². The number of carbonyl (C=O) groups excluding carboxylic acids is 4. The number of benzene rings is 1. The first-order valence-corrected chi connectivity index (χ1v) is 19.0. The number of ether oxygens (including phenoxy) is 1. The van der Waals surface area contributed by atoms with Gasteiger partial charge < -0.3 is 15.0 Å². The van der Waals surface area contributed by atoms with Crippen molar-refractivity contribution < 1.29 is 32.3 Å². The van der Waals surface area contributed by atoms with Crippen molar-refractivity contribution in [2.24, 2.45) is 22.2 Å². The second kappa shape index (κ2) is 18.5. The normalized spacial score (nSPS) is 21.3. The molecule has 3 amide bonds. The van der Waals surface area contributed by atoms with E-state index in [0.717, 1.165) is 31.1 Å². The van der Waals surface area contributed by atoms with Gasteiger partial charge in [0.15, 0.2) is 0 Å². The summed E-state index contributed by atoms with van der Waals surface area (Å²) in [6.07, 6.45) is 8.52. The lowest BCUT2D eigenvalue weighted by Gasteiger charge is -2.35. The number of rotatable bonds is 17. The Kier molecular flexibility index (Phi) is 15.1. The Morgan fingerprint density at radius 1 is 1.08 bits per heavy atom. The molecule has 48 heavy (non-hydrogen) atoms. The first-order chi connectivity index (χ1) is 22.8. The van der Waals surface area contributed by atoms with Crippen molar-refractivity contribution in [3.8, 4) is 0 Å². The molecule has 0 aliphatic carbocycles. The Hall–Kier alpha value is -3.20. The van der Waals surface area contributed by atoms with Gasteiger partial charge in [-0.2, -0.15) is 0 Å². The monoisotopic (exact) mass is 690 g/mol. The zero-order chi connectivity index (χ0) is 35.3. The molecule has 4 atom stereocenters. The molecule has 4 N–H and O–H groups in total. The Morgan fingerprint density at radius 2 is 1.77 bits per heavy atom. The van der Waals surface area contributed by atoms with Crippen LogP contribution in [0.25, 0.3) is 0 Å². The van der Waals surface area contributed by atoms with E-state index < -0.39 is 33.4 Å². The van der Waals surface area contributed by atoms with Crippen molar-refractivity contribution in [1.82, 2.24) is 19.9 Å². The highest BCUT2D eigenvalue weighted by Gasteiger charge is 2.39. The molecule has 13 nitrogen and oxygen atoms in total. The predicted octanol–water partition coefficient (Wildman–Crippen LogP) is 2.35. The molecule has 0 aromatic heterocycles. The Balaban J connectivity index is 1.63. The number of esters is 1. The van der Waals surface area contributed by atoms with Crippen molar-refractivity contribution in [3.63, 3.8) is 0 Å². The van der Waals surface area contributed by atoms with Crippen molar-refractivity contribution in [3.05, 3.63) is 35.9 Å². The summed E-state index contributed by atoms with van der Waals surface area (Å²) in [5.74, 6) is 5.06. The van der Waals surface area contributed by atoms with Crippen LogP contribution in [0.5, 0.6) is 0 Å². The molecule has 0 radical (unpaired) electrons. The molecule has 1 aromatic carbocycles. The number of nitrogens with one attached hydrogen (secondary N) is 2. The van der Waals surface area contributed by atoms with Crippen LogP contribution in [-0.4, -0.2) is 98.9 Å². The number of aliphatic imine (C=N–C) groups is 1. The molecule has 0 saturated carbocycles. The zero-order valence-electron chi connectivity index (χ0n) is 28.9. The SMILES string of the molecule is CCCC(CCC)(CCOC(C)=O)C(=O)/N=C/C1CC(CNC(=O)[C@@H]2CCCN2C(=O)[C@@H](Cc2ccccc2)NS(C)(=O)=O)CCN1N. The molecule has 14 heteroatoms. The maximum absolute atomic E-state index is 13.6. The Bertz CT molecular complexity index is 1370. The van der Waals surface area contributed by atoms with Gasteiger partial charge in [0.2, 0.25) is 21.8 Å². The van der Waals surface area contributed by atoms with E-state index in [-0.39, 0.29) is 42.8 Å². The van der Waals surface area contributed by atoms with Crippen molar-refractivity contribution in [2.45, 2.75) is 103 Å². The van der Waals surface area contributed by atoms with Gasteiger partial charge in [-0.05, 0) is 62.8 Å². The van der Waals surface area contributed by atoms with Gasteiger partial charge in [-0.25, -0.2) is 23.1 Å². The molecule has 2 aliphatic heterocycles. The minimum atomic E-state index is -3.68. The summed E-state index contributed by atoms with van der Waals surface area (Å²) in [7, 11) is -3.68. The van der Waals surface area contributed by atoms with E-state index in [9.17, 15) is 27.6 Å². The number of amides is 3. The fourth-order valence-corrected chi connectivity index (χ4v) is 7.61. The largest absolute Gasteiger partial charge is 0.466 e. The highest BCUT2D eigenvalue weighted by Crippen LogP contribution is 2.36. The van der Waals surface area contributed by atoms with Gasteiger partial charge in [0.1, 0.15) is 12.1 Å². The van der Waals surface area contributed by atoms with Gasteiger partial charge in [-0.1, -0.05) is 57.0 Å². The van der Waals surface area contributed by atoms with Gasteiger partial charge in [0.25, 0.3) is 5.91 Å². The number of hydrogen-bond acceptors (Lipinski definition) is 9. The molecular formula is C34H54N6O7S. The van der Waals surface area contributed by atoms with Crippen LogP contribution >= 0.6 is 0 Å². The smallest absolute Gasteiger partial charge is 0.302 e. The summed E-state index contributed by atoms with van der Waals surface area (Å²) in [4.78, 5) is 57.8. The van der Waals surface area contributed by atoms with Gasteiger partial charge in [-0.15, -0.1) is 0 Å². The van der Waals surface area contributed by atoms with E-state index >= 15 is 0 Å². The average Bonchev–Trinajstić information content (AvgIpc) is 3.53. The van der Waals surface area contributed by atoms with Gasteiger partial charge in [0, 0.05) is 32.8 Å². The Morgan fingerprint density at radius 3 is 2.40 bits per heavy atom. The van der Waals surface area contributed by atoms with Gasteiger partial charge >= 0.3 is 5.97 Å². The number of sulfonamides is 1. The molecule has 0 bridgehead atoms. The van der Waals surface area contributed by atoms with E-state index in [4.69, 9.17) is 10.6 Å². The number of hydrogen-bond donors (Lipinski definition) is 3. The van der Waals surface area contributed by atoms with Crippen LogP contribution in [0.2, 0.25) is 0 Å². The Labute approximate surface area is 285 Å². The van der Waals surface area contributed by atoms with E-state index in [2.05, 4.69) is 15.0 Å². The van der Waals surface area contributed by atoms with Crippen LogP contribution in [0.4, 0.5) is 0 Å². The molecule has 3 rings (SSSR count). The maximum Gasteiger partial charge on any atom is 0.302 e. The number of carbonyl (C=O) groups is 4. The third-order valence-electron chi connectivity index (χ3n) is 9.30. The minimum absolute atomic E-state index is 0.0728. The topological polar surface area (TPSA) is 181 Å². The number of nitrogens with two attached hydrogens (primary N) is 1. The molecule has 2 aliphatic rings. The molecule has 2 unspecified atom stereocenters. The fraction of sp³-hybridized carbons (Fsp3) is 0.676. The van der Waals surface area contributed by atoms with Crippen molar-refractivity contribution >= 4 is 39.9 Å². The molecule has 2 fully saturated rings. The summed E-state index contributed by atoms with van der Waals surface area (Å²) < 4.78 is 31.9. The fourth-order valence-electron chi connectivity index (χ4n) is 6.91. The number of hydrazine groups is 1. The average molecular weight is 691 g/mol. The zero-order valence-corrected chi connectivity index (χ0v) is 29.7. The molecule has 2 saturated heterocycles. The highest BCUT2D eigenvalue weighted by molar-refractivity contribution is 7.88. The molecular weight excluding hydrogens is 636 g/mol. The summed E-state index contributed by atoms with van der Waals surface area (Å²) in [5, 5.41) is 4.68. The summed E-state index contributed by atoms with van der Waals surface area (Å²) in [5.41, 5.74) is 0.0972. The minimum Gasteiger partial charge on any atom is -0.466 e. The predicted molar refractivity (Wildman–Crippen MR) is 184 cm³/mol. The highest BCUT2D eigenvalue weighted by atomic mass is 32.2. The van der Waals surface area contributed by atoms with Crippen LogP contribution in [0.1, 0.15) is 84.1 Å². The van der Waals surface area contributed by atoms with E-state index in [1.807, 2.05) is 44.2 Å². The van der Waals surface area contributed by atoms with Crippen LogP contribution in [0.15, 0.2) is 35.3 Å². The van der Waals surface area contributed by atoms with E-state index in [1.165, 1.54) is 11.8 Å². The van der Waals surface area contributed by atoms with Crippen LogP contribution in [0.3, 0.4) is 0 Å². The van der Waals surface area contributed by atoms with Crippen molar-refractivity contribution in [1.29, 1.82) is 0 Å². The van der Waals surface area contributed by atoms with Gasteiger partial charge in [-0.3, -0.25) is 25.0 Å². The van der Waals surface area contributed by atoms with E-state index in [0.29, 0.717) is 58.2 Å². The lowest BCUT2D eigenvalue weighted by molar-refractivity contribution is -0.143. The quantitative estimate of drug-likeness (QED) is 0.126. The van der Waals surface area contributed by atoms with Crippen LogP contribution in [-0.2, 0) is 40.4 Å². The molecule has 1 aromatic rings. The first-order valence-electron chi connectivity index (χ1n) is 17.1. The number of likely N-dealkylation sites (tertiary alicyclic amines) is 1.